The lowest BCUT2D eigenvalue weighted by molar-refractivity contribution is -0.605. The lowest BCUT2D eigenvalue weighted by Gasteiger charge is -2.69. The Morgan fingerprint density at radius 3 is 1.77 bits per heavy atom. The first-order valence-electron chi connectivity index (χ1n) is 16.6. The molecule has 0 unspecified atom stereocenters. The molecule has 0 amide bonds. The second kappa shape index (κ2) is 13.0. The van der Waals surface area contributed by atoms with Gasteiger partial charge >= 0.3 is 34.8 Å². The van der Waals surface area contributed by atoms with E-state index < -0.39 is 44.9 Å². The minimum absolute atomic E-state index is 0.194. The lowest BCUT2D eigenvalue weighted by Crippen LogP contribution is -2.95. The van der Waals surface area contributed by atoms with E-state index in [2.05, 4.69) is 23.0 Å². The molecule has 0 radical (unpaired) electrons. The monoisotopic (exact) mass is 838 g/mol. The average molecular weight is 839 g/mol. The minimum atomic E-state index is -6.09. The van der Waals surface area contributed by atoms with Gasteiger partial charge in [0.1, 0.15) is 0 Å². The third kappa shape index (κ3) is 5.67. The van der Waals surface area contributed by atoms with Crippen LogP contribution in [0.3, 0.4) is 0 Å². The van der Waals surface area contributed by atoms with Gasteiger partial charge in [-0.2, -0.15) is 34.8 Å². The zero-order chi connectivity index (χ0) is 38.4. The molecule has 7 heterocycles. The molecule has 26 heteroatoms. The van der Waals surface area contributed by atoms with Gasteiger partial charge in [0, 0.05) is 63.3 Å². The fraction of sp³-hybridized carbons (Fsp3) is 0.556. The molecule has 0 aliphatic carbocycles. The maximum atomic E-state index is 14.3. The van der Waals surface area contributed by atoms with E-state index in [4.69, 9.17) is 44.9 Å². The molecule has 0 spiro atoms. The van der Waals surface area contributed by atoms with Crippen LogP contribution in [0.15, 0.2) is 36.4 Å². The van der Waals surface area contributed by atoms with Gasteiger partial charge < -0.3 is 27.1 Å². The van der Waals surface area contributed by atoms with Crippen LogP contribution < -0.4 is 4.65 Å². The second-order valence-electron chi connectivity index (χ2n) is 13.1. The van der Waals surface area contributed by atoms with Crippen molar-refractivity contribution < 1.29 is 69.7 Å². The van der Waals surface area contributed by atoms with Gasteiger partial charge in [-0.1, -0.05) is 24.3 Å². The average Bonchev–Trinajstić information content (AvgIpc) is 3.47. The van der Waals surface area contributed by atoms with Crippen molar-refractivity contribution in [1.82, 2.24) is 19.4 Å². The number of fused-ring (bicyclic) bond motifs is 5. The third-order valence-corrected chi connectivity index (χ3v) is 12.0. The van der Waals surface area contributed by atoms with E-state index in [9.17, 15) is 34.8 Å². The Bertz CT molecular complexity index is 2070. The maximum absolute atomic E-state index is 14.3. The Labute approximate surface area is 310 Å². The number of rotatable bonds is 2. The molecule has 53 heavy (non-hydrogen) atoms. The zero-order valence-corrected chi connectivity index (χ0v) is 30.7. The van der Waals surface area contributed by atoms with Crippen molar-refractivity contribution in [2.75, 3.05) is 57.7 Å². The summed E-state index contributed by atoms with van der Waals surface area (Å²) in [7, 11) is -12.1. The predicted molar refractivity (Wildman–Crippen MR) is 180 cm³/mol. The summed E-state index contributed by atoms with van der Waals surface area (Å²) in [6.07, 6.45) is 2.95. The van der Waals surface area contributed by atoms with E-state index in [-0.39, 0.29) is 5.34 Å². The predicted octanol–water partition coefficient (Wildman–Crippen LogP) is 3.30. The summed E-state index contributed by atoms with van der Waals surface area (Å²) >= 11 is 9.53. The Balaban J connectivity index is 0.000000350. The molecule has 0 aromatic heterocycles. The Kier molecular flexibility index (Phi) is 9.40. The summed E-state index contributed by atoms with van der Waals surface area (Å²) in [4.78, 5) is 7.92. The number of alkyl halides is 8. The molecule has 0 atom stereocenters. The summed E-state index contributed by atoms with van der Waals surface area (Å²) in [6, 6.07) is 11.4. The van der Waals surface area contributed by atoms with Gasteiger partial charge in [-0.15, -0.1) is 23.2 Å². The van der Waals surface area contributed by atoms with Crippen LogP contribution in [0.25, 0.3) is 10.8 Å². The molecule has 14 nitrogen and oxygen atoms in total. The standard InChI is InChI=1S/C25H30B2F3N6O5S.CH2Cl2.CHF3O3S/c28-25(29,30)42(37,38)40-27-35-17-5-13-31-11-3-15-33(23(31)35)26(34-16-4-12-32-14-6-18-36(27)24(32)34)39-22-20-8-2-1-7-19(20)9-10-21(22)41(26)27;2-1-3;2-1(3,4)8(5,6)7/h1-2,7-10H,3-6,11-18H2;1H2;(H,5,6,7)/q+1;;/p-1. The van der Waals surface area contributed by atoms with Crippen LogP contribution in [0.2, 0.25) is 0 Å². The van der Waals surface area contributed by atoms with Gasteiger partial charge in [-0.3, -0.25) is 18.8 Å². The molecule has 0 N–H and O–H groups in total. The second-order valence-corrected chi connectivity index (χ2v) is 16.9. The highest BCUT2D eigenvalue weighted by atomic mass is 35.5. The molecule has 9 rings (SSSR count). The van der Waals surface area contributed by atoms with Gasteiger partial charge in [0.15, 0.2) is 21.6 Å². The molecule has 7 aliphatic rings. The molecule has 2 aromatic carbocycles. The van der Waals surface area contributed by atoms with Crippen molar-refractivity contribution in [3.8, 4) is 11.5 Å². The smallest absolute Gasteiger partial charge is 0.828 e. The van der Waals surface area contributed by atoms with Crippen molar-refractivity contribution in [2.45, 2.75) is 36.7 Å². The molecular formula is C27H32B2Cl2F6N6O8S2. The number of halogens is 8. The van der Waals surface area contributed by atoms with Crippen molar-refractivity contribution >= 4 is 79.8 Å². The van der Waals surface area contributed by atoms with Crippen LogP contribution in [0.1, 0.15) is 25.7 Å². The molecular weight excluding hydrogens is 807 g/mol. The fourth-order valence-electron chi connectivity index (χ4n) is 8.72. The topological polar surface area (TPSA) is 131 Å². The van der Waals surface area contributed by atoms with E-state index in [1.807, 2.05) is 36.4 Å². The van der Waals surface area contributed by atoms with Crippen molar-refractivity contribution in [3.05, 3.63) is 36.4 Å². The first kappa shape index (κ1) is 38.2. The van der Waals surface area contributed by atoms with Gasteiger partial charge in [-0.25, -0.2) is 8.42 Å². The van der Waals surface area contributed by atoms with Crippen LogP contribution in [-0.4, -0.2) is 144 Å². The molecule has 2 saturated heterocycles. The van der Waals surface area contributed by atoms with E-state index in [0.29, 0.717) is 62.4 Å². The normalized spacial score (nSPS) is 26.1. The Morgan fingerprint density at radius 2 is 1.28 bits per heavy atom. The summed E-state index contributed by atoms with van der Waals surface area (Å²) in [5.74, 6) is 2.35. The Hall–Kier alpha value is -3.05. The molecule has 292 valence electrons. The molecule has 7 aliphatic heterocycles. The van der Waals surface area contributed by atoms with Crippen molar-refractivity contribution in [3.63, 3.8) is 0 Å². The number of benzene rings is 2. The first-order chi connectivity index (χ1) is 24.8. The molecule has 2 aromatic rings. The van der Waals surface area contributed by atoms with Crippen LogP contribution >= 0.6 is 23.2 Å². The SMILES string of the molecule is ClCCl.O=S(=O)(O[B-]12N3CCCN4CCC[N+](=C43)[B-]3(Oc4c(ccc5ccccc45)[O+]13)[N+]1=C3N(CCCN32)CCC1)C(F)(F)F.O=S(=O)([O-])C(F)(F)F. The number of hydrogen-bond donors (Lipinski definition) is 0. The quantitative estimate of drug-likeness (QED) is 0.110. The van der Waals surface area contributed by atoms with Gasteiger partial charge in [0.05, 0.1) is 31.5 Å². The zero-order valence-electron chi connectivity index (χ0n) is 27.6. The van der Waals surface area contributed by atoms with Crippen molar-refractivity contribution in [2.24, 2.45) is 0 Å². The van der Waals surface area contributed by atoms with E-state index in [0.717, 1.165) is 49.8 Å². The third-order valence-electron chi connectivity index (χ3n) is 10.3. The number of hydrogen-bond acceptors (Lipinski definition) is 11. The minimum Gasteiger partial charge on any atom is -0.881 e. The maximum Gasteiger partial charge on any atom is 0.828 e. The van der Waals surface area contributed by atoms with Crippen LogP contribution in [0, 0.1) is 0 Å². The lowest BCUT2D eigenvalue weighted by atomic mass is 9.65. The van der Waals surface area contributed by atoms with Crippen LogP contribution in [0.5, 0.6) is 11.5 Å². The van der Waals surface area contributed by atoms with E-state index >= 15 is 0 Å². The summed E-state index contributed by atoms with van der Waals surface area (Å²) in [5.41, 5.74) is -11.3. The Morgan fingerprint density at radius 1 is 0.792 bits per heavy atom. The van der Waals surface area contributed by atoms with Crippen LogP contribution in [-0.2, 0) is 28.5 Å². The van der Waals surface area contributed by atoms with Gasteiger partial charge in [0.25, 0.3) is 11.9 Å². The highest BCUT2D eigenvalue weighted by molar-refractivity contribution is 7.88. The van der Waals surface area contributed by atoms with E-state index in [1.54, 1.807) is 9.62 Å². The summed E-state index contributed by atoms with van der Waals surface area (Å²) in [6.45, 7) is -1.08. The van der Waals surface area contributed by atoms with Gasteiger partial charge in [0.2, 0.25) is 0 Å². The molecule has 2 bridgehead atoms. The largest absolute Gasteiger partial charge is 0.881 e. The number of guanidine groups is 2. The molecule has 2 fully saturated rings. The number of nitrogens with zero attached hydrogens (tertiary/aromatic N) is 6. The summed E-state index contributed by atoms with van der Waals surface area (Å²) in [5, 5.41) is 1.91. The fourth-order valence-corrected chi connectivity index (χ4v) is 9.45. The van der Waals surface area contributed by atoms with E-state index in [1.165, 1.54) is 0 Å². The summed E-state index contributed by atoms with van der Waals surface area (Å²) < 4.78 is 149. The molecule has 0 saturated carbocycles. The van der Waals surface area contributed by atoms with Crippen molar-refractivity contribution in [1.29, 1.82) is 0 Å². The van der Waals surface area contributed by atoms with Crippen LogP contribution in [0.4, 0.5) is 26.3 Å². The van der Waals surface area contributed by atoms with Gasteiger partial charge in [-0.05, 0) is 11.5 Å². The highest BCUT2D eigenvalue weighted by Gasteiger charge is 2.86. The first-order valence-corrected chi connectivity index (χ1v) is 20.5. The highest BCUT2D eigenvalue weighted by Crippen LogP contribution is 2.60.